The number of hydrogen-bond acceptors (Lipinski definition) is 1. The molecule has 0 radical (unpaired) electrons. The highest BCUT2D eigenvalue weighted by atomic mass is 19.2. The smallest absolute Gasteiger partial charge is 0.198 e. The van der Waals surface area contributed by atoms with E-state index in [-0.39, 0.29) is 5.69 Å². The summed E-state index contributed by atoms with van der Waals surface area (Å²) < 4.78 is 38.8. The van der Waals surface area contributed by atoms with Gasteiger partial charge in [0.1, 0.15) is 5.69 Å². The maximum absolute atomic E-state index is 13.3. The number of hydrogen-bond donors (Lipinski definition) is 0. The minimum atomic E-state index is -1.50. The summed E-state index contributed by atoms with van der Waals surface area (Å²) in [5.74, 6) is -4.04. The van der Waals surface area contributed by atoms with Crippen molar-refractivity contribution in [1.29, 1.82) is 0 Å². The summed E-state index contributed by atoms with van der Waals surface area (Å²) in [7, 11) is 0. The minimum absolute atomic E-state index is 0.186. The van der Waals surface area contributed by atoms with E-state index in [2.05, 4.69) is 4.98 Å². The van der Waals surface area contributed by atoms with E-state index in [9.17, 15) is 13.2 Å². The molecule has 0 spiro atoms. The van der Waals surface area contributed by atoms with Crippen molar-refractivity contribution in [2.45, 2.75) is 0 Å². The molecule has 1 aromatic carbocycles. The van der Waals surface area contributed by atoms with Crippen LogP contribution in [0.3, 0.4) is 0 Å². The van der Waals surface area contributed by atoms with Gasteiger partial charge in [-0.15, -0.1) is 0 Å². The molecule has 0 bridgehead atoms. The van der Waals surface area contributed by atoms with Gasteiger partial charge in [0.05, 0.1) is 6.20 Å². The van der Waals surface area contributed by atoms with Crippen molar-refractivity contribution in [1.82, 2.24) is 4.98 Å². The third-order valence-corrected chi connectivity index (χ3v) is 1.96. The summed E-state index contributed by atoms with van der Waals surface area (Å²) >= 11 is 0. The summed E-state index contributed by atoms with van der Waals surface area (Å²) in [6.07, 6.45) is 0.667. The molecule has 0 aliphatic carbocycles. The van der Waals surface area contributed by atoms with Gasteiger partial charge >= 0.3 is 0 Å². The van der Waals surface area contributed by atoms with Crippen LogP contribution in [0.15, 0.2) is 36.5 Å². The zero-order chi connectivity index (χ0) is 10.8. The van der Waals surface area contributed by atoms with Gasteiger partial charge < -0.3 is 0 Å². The van der Waals surface area contributed by atoms with E-state index in [0.29, 0.717) is 11.8 Å². The standard InChI is InChI=1S/C11H6F3N/c12-8-6-15-11(10(14)9(8)13)7-4-2-1-3-5-7/h1-6H. The van der Waals surface area contributed by atoms with Crippen molar-refractivity contribution >= 4 is 0 Å². The fourth-order valence-corrected chi connectivity index (χ4v) is 1.24. The Bertz CT molecular complexity index is 483. The van der Waals surface area contributed by atoms with Crippen LogP contribution in [0.4, 0.5) is 13.2 Å². The number of aromatic nitrogens is 1. The zero-order valence-corrected chi connectivity index (χ0v) is 7.55. The number of benzene rings is 1. The molecule has 0 saturated heterocycles. The first kappa shape index (κ1) is 9.71. The van der Waals surface area contributed by atoms with Gasteiger partial charge in [0.15, 0.2) is 17.5 Å². The molecule has 1 aromatic heterocycles. The summed E-state index contributed by atoms with van der Waals surface area (Å²) in [6.45, 7) is 0. The third-order valence-electron chi connectivity index (χ3n) is 1.96. The van der Waals surface area contributed by atoms with Crippen molar-refractivity contribution in [3.8, 4) is 11.3 Å². The second-order valence-electron chi connectivity index (χ2n) is 2.95. The molecule has 0 fully saturated rings. The Morgan fingerprint density at radius 1 is 0.867 bits per heavy atom. The Morgan fingerprint density at radius 3 is 2.20 bits per heavy atom. The first-order valence-electron chi connectivity index (χ1n) is 4.25. The molecular weight excluding hydrogens is 203 g/mol. The minimum Gasteiger partial charge on any atom is -0.250 e. The Kier molecular flexibility index (Phi) is 2.41. The highest BCUT2D eigenvalue weighted by Gasteiger charge is 2.15. The van der Waals surface area contributed by atoms with Gasteiger partial charge in [0, 0.05) is 5.56 Å². The van der Waals surface area contributed by atoms with Crippen molar-refractivity contribution in [2.24, 2.45) is 0 Å². The van der Waals surface area contributed by atoms with Gasteiger partial charge in [0.25, 0.3) is 0 Å². The molecule has 0 aliphatic heterocycles. The SMILES string of the molecule is Fc1cnc(-c2ccccc2)c(F)c1F. The molecule has 0 unspecified atom stereocenters. The molecule has 15 heavy (non-hydrogen) atoms. The molecule has 0 N–H and O–H groups in total. The fourth-order valence-electron chi connectivity index (χ4n) is 1.24. The molecule has 1 nitrogen and oxygen atoms in total. The van der Waals surface area contributed by atoms with E-state index in [1.807, 2.05) is 0 Å². The molecule has 4 heteroatoms. The van der Waals surface area contributed by atoms with E-state index in [1.165, 1.54) is 0 Å². The second kappa shape index (κ2) is 3.73. The van der Waals surface area contributed by atoms with Gasteiger partial charge in [-0.3, -0.25) is 0 Å². The molecule has 0 amide bonds. The summed E-state index contributed by atoms with van der Waals surface area (Å²) in [6, 6.07) is 8.21. The topological polar surface area (TPSA) is 12.9 Å². The molecule has 0 aliphatic rings. The largest absolute Gasteiger partial charge is 0.250 e. The predicted octanol–water partition coefficient (Wildman–Crippen LogP) is 3.17. The maximum atomic E-state index is 13.3. The third kappa shape index (κ3) is 1.70. The van der Waals surface area contributed by atoms with Gasteiger partial charge in [-0.25, -0.2) is 18.2 Å². The Morgan fingerprint density at radius 2 is 1.53 bits per heavy atom. The van der Waals surface area contributed by atoms with Crippen LogP contribution >= 0.6 is 0 Å². The molecule has 0 atom stereocenters. The van der Waals surface area contributed by atoms with E-state index < -0.39 is 17.5 Å². The lowest BCUT2D eigenvalue weighted by Crippen LogP contribution is -1.97. The quantitative estimate of drug-likeness (QED) is 0.702. The van der Waals surface area contributed by atoms with Crippen molar-refractivity contribution in [3.05, 3.63) is 54.0 Å². The molecule has 2 rings (SSSR count). The monoisotopic (exact) mass is 209 g/mol. The van der Waals surface area contributed by atoms with Crippen molar-refractivity contribution < 1.29 is 13.2 Å². The summed E-state index contributed by atoms with van der Waals surface area (Å²) in [5, 5.41) is 0. The van der Waals surface area contributed by atoms with Crippen LogP contribution in [-0.2, 0) is 0 Å². The Balaban J connectivity index is 2.60. The van der Waals surface area contributed by atoms with Gasteiger partial charge in [-0.2, -0.15) is 0 Å². The summed E-state index contributed by atoms with van der Waals surface area (Å²) in [5.41, 5.74) is 0.225. The lowest BCUT2D eigenvalue weighted by molar-refractivity contribution is 0.443. The number of rotatable bonds is 1. The van der Waals surface area contributed by atoms with E-state index in [0.717, 1.165) is 0 Å². The van der Waals surface area contributed by atoms with E-state index in [1.54, 1.807) is 30.3 Å². The molecular formula is C11H6F3N. The number of pyridine rings is 1. The lowest BCUT2D eigenvalue weighted by atomic mass is 10.1. The molecule has 76 valence electrons. The van der Waals surface area contributed by atoms with Crippen molar-refractivity contribution in [3.63, 3.8) is 0 Å². The average molecular weight is 209 g/mol. The van der Waals surface area contributed by atoms with Crippen LogP contribution < -0.4 is 0 Å². The van der Waals surface area contributed by atoms with Gasteiger partial charge in [0.2, 0.25) is 0 Å². The Hall–Kier alpha value is -1.84. The second-order valence-corrected chi connectivity index (χ2v) is 2.95. The van der Waals surface area contributed by atoms with Gasteiger partial charge in [-0.05, 0) is 0 Å². The van der Waals surface area contributed by atoms with Crippen LogP contribution in [0, 0.1) is 17.5 Å². The molecule has 2 aromatic rings. The van der Waals surface area contributed by atoms with Crippen LogP contribution in [-0.4, -0.2) is 4.98 Å². The van der Waals surface area contributed by atoms with Crippen molar-refractivity contribution in [2.75, 3.05) is 0 Å². The first-order valence-corrected chi connectivity index (χ1v) is 4.25. The van der Waals surface area contributed by atoms with Crippen LogP contribution in [0.2, 0.25) is 0 Å². The van der Waals surface area contributed by atoms with E-state index in [4.69, 9.17) is 0 Å². The Labute approximate surface area is 84.2 Å². The molecule has 0 saturated carbocycles. The highest BCUT2D eigenvalue weighted by Crippen LogP contribution is 2.22. The van der Waals surface area contributed by atoms with E-state index >= 15 is 0 Å². The first-order chi connectivity index (χ1) is 7.20. The number of halogens is 3. The normalized spacial score (nSPS) is 10.3. The maximum Gasteiger partial charge on any atom is 0.198 e. The average Bonchev–Trinajstić information content (AvgIpc) is 2.27. The van der Waals surface area contributed by atoms with Crippen LogP contribution in [0.25, 0.3) is 11.3 Å². The number of nitrogens with zero attached hydrogens (tertiary/aromatic N) is 1. The fraction of sp³-hybridized carbons (Fsp3) is 0. The predicted molar refractivity (Wildman–Crippen MR) is 49.5 cm³/mol. The van der Waals surface area contributed by atoms with Gasteiger partial charge in [-0.1, -0.05) is 30.3 Å². The van der Waals surface area contributed by atoms with Crippen LogP contribution in [0.1, 0.15) is 0 Å². The lowest BCUT2D eigenvalue weighted by Gasteiger charge is -2.02. The summed E-state index contributed by atoms with van der Waals surface area (Å²) in [4.78, 5) is 3.52. The highest BCUT2D eigenvalue weighted by molar-refractivity contribution is 5.59. The van der Waals surface area contributed by atoms with Crippen LogP contribution in [0.5, 0.6) is 0 Å². The zero-order valence-electron chi connectivity index (χ0n) is 7.55. The molecule has 1 heterocycles.